The lowest BCUT2D eigenvalue weighted by Gasteiger charge is -2.54. The minimum atomic E-state index is -4.16. The van der Waals surface area contributed by atoms with Crippen LogP contribution in [0.2, 0.25) is 0 Å². The summed E-state index contributed by atoms with van der Waals surface area (Å²) in [5, 5.41) is 0. The highest BCUT2D eigenvalue weighted by Gasteiger charge is 2.55. The number of halogens is 3. The van der Waals surface area contributed by atoms with E-state index in [0.717, 1.165) is 0 Å². The molecule has 0 spiro atoms. The van der Waals surface area contributed by atoms with Crippen molar-refractivity contribution < 1.29 is 13.2 Å². The third kappa shape index (κ3) is 1.24. The molecule has 1 rings (SSSR count). The van der Waals surface area contributed by atoms with E-state index in [-0.39, 0.29) is 12.5 Å². The zero-order chi connectivity index (χ0) is 8.86. The summed E-state index contributed by atoms with van der Waals surface area (Å²) in [6.45, 7) is 5.21. The molecule has 4 heteroatoms. The van der Waals surface area contributed by atoms with Crippen LogP contribution >= 0.6 is 0 Å². The summed E-state index contributed by atoms with van der Waals surface area (Å²) >= 11 is 0. The van der Waals surface area contributed by atoms with Crippen LogP contribution in [0.15, 0.2) is 0 Å². The fraction of sp³-hybridized carbons (Fsp3) is 1.00. The normalized spacial score (nSPS) is 31.6. The van der Waals surface area contributed by atoms with Crippen molar-refractivity contribution in [2.45, 2.75) is 32.6 Å². The fourth-order valence-electron chi connectivity index (χ4n) is 1.32. The molecule has 1 saturated heterocycles. The van der Waals surface area contributed by atoms with Crippen LogP contribution in [0.5, 0.6) is 0 Å². The molecule has 0 N–H and O–H groups in total. The third-order valence-corrected chi connectivity index (χ3v) is 2.66. The summed E-state index contributed by atoms with van der Waals surface area (Å²) in [6, 6.07) is 0. The summed E-state index contributed by atoms with van der Waals surface area (Å²) in [7, 11) is 0. The second kappa shape index (κ2) is 2.12. The van der Waals surface area contributed by atoms with Gasteiger partial charge in [-0.25, -0.2) is 4.90 Å². The Kier molecular flexibility index (Phi) is 1.71. The first-order valence-corrected chi connectivity index (χ1v) is 3.60. The topological polar surface area (TPSA) is 3.24 Å². The quantitative estimate of drug-likeness (QED) is 0.500. The summed E-state index contributed by atoms with van der Waals surface area (Å²) < 4.78 is 36.3. The van der Waals surface area contributed by atoms with E-state index in [2.05, 4.69) is 0 Å². The molecule has 11 heavy (non-hydrogen) atoms. The first kappa shape index (κ1) is 8.84. The Morgan fingerprint density at radius 2 is 1.82 bits per heavy atom. The van der Waals surface area contributed by atoms with Crippen LogP contribution < -0.4 is 0 Å². The van der Waals surface area contributed by atoms with Gasteiger partial charge in [-0.3, -0.25) is 0 Å². The van der Waals surface area contributed by atoms with Crippen LogP contribution in [0.25, 0.3) is 0 Å². The number of rotatable bonds is 0. The Morgan fingerprint density at radius 1 is 1.36 bits per heavy atom. The van der Waals surface area contributed by atoms with Crippen molar-refractivity contribution in [2.24, 2.45) is 5.92 Å². The first-order chi connectivity index (χ1) is 4.76. The summed E-state index contributed by atoms with van der Waals surface area (Å²) in [4.78, 5) is 0.574. The van der Waals surface area contributed by atoms with Crippen molar-refractivity contribution in [1.82, 2.24) is 4.90 Å². The average molecular weight is 167 g/mol. The zero-order valence-corrected chi connectivity index (χ0v) is 6.87. The highest BCUT2D eigenvalue weighted by atomic mass is 19.4. The van der Waals surface area contributed by atoms with Gasteiger partial charge >= 0.3 is 6.30 Å². The van der Waals surface area contributed by atoms with Crippen LogP contribution in [-0.4, -0.2) is 23.3 Å². The molecule has 1 heterocycles. The lowest BCUT2D eigenvalue weighted by atomic mass is 9.78. The Labute approximate surface area is 64.2 Å². The highest BCUT2D eigenvalue weighted by Crippen LogP contribution is 2.42. The van der Waals surface area contributed by atoms with Crippen LogP contribution in [0.1, 0.15) is 20.8 Å². The molecule has 0 aromatic heterocycles. The van der Waals surface area contributed by atoms with Crippen molar-refractivity contribution in [3.8, 4) is 0 Å². The fourth-order valence-corrected chi connectivity index (χ4v) is 1.32. The maximum absolute atomic E-state index is 12.1. The minimum Gasteiger partial charge on any atom is -0.208 e. The van der Waals surface area contributed by atoms with Gasteiger partial charge in [0.1, 0.15) is 0 Å². The largest absolute Gasteiger partial charge is 0.460 e. The highest BCUT2D eigenvalue weighted by molar-refractivity contribution is 4.98. The minimum absolute atomic E-state index is 0.129. The van der Waals surface area contributed by atoms with E-state index in [4.69, 9.17) is 0 Å². The molecule has 0 aromatic carbocycles. The van der Waals surface area contributed by atoms with Gasteiger partial charge in [-0.05, 0) is 19.8 Å². The second-order valence-electron chi connectivity index (χ2n) is 3.63. The molecule has 1 nitrogen and oxygen atoms in total. The van der Waals surface area contributed by atoms with E-state index < -0.39 is 11.8 Å². The SMILES string of the molecule is CC1CN(C(F)(F)F)C1(C)C. The third-order valence-electron chi connectivity index (χ3n) is 2.66. The summed E-state index contributed by atoms with van der Waals surface area (Å²) in [5.41, 5.74) is -0.710. The molecule has 0 aromatic rings. The van der Waals surface area contributed by atoms with E-state index in [9.17, 15) is 13.2 Å². The Hall–Kier alpha value is -0.250. The van der Waals surface area contributed by atoms with Crippen molar-refractivity contribution in [3.63, 3.8) is 0 Å². The van der Waals surface area contributed by atoms with Gasteiger partial charge in [-0.2, -0.15) is 13.2 Å². The standard InChI is InChI=1S/C7H12F3N/c1-5-4-11(6(5,2)3)7(8,9)10/h5H,4H2,1-3H3. The molecule has 1 aliphatic heterocycles. The Balaban J connectivity index is 2.67. The molecule has 0 bridgehead atoms. The molecule has 0 amide bonds. The van der Waals surface area contributed by atoms with Gasteiger partial charge in [0.25, 0.3) is 0 Å². The molecule has 1 fully saturated rings. The number of likely N-dealkylation sites (tertiary alicyclic amines) is 1. The van der Waals surface area contributed by atoms with Crippen molar-refractivity contribution in [3.05, 3.63) is 0 Å². The van der Waals surface area contributed by atoms with Gasteiger partial charge in [0.2, 0.25) is 0 Å². The molecule has 1 atom stereocenters. The van der Waals surface area contributed by atoms with Gasteiger partial charge in [0.05, 0.1) is 0 Å². The van der Waals surface area contributed by atoms with Gasteiger partial charge in [0, 0.05) is 12.1 Å². The second-order valence-corrected chi connectivity index (χ2v) is 3.63. The van der Waals surface area contributed by atoms with Crippen molar-refractivity contribution in [1.29, 1.82) is 0 Å². The predicted octanol–water partition coefficient (Wildman–Crippen LogP) is 2.24. The molecule has 1 unspecified atom stereocenters. The maximum atomic E-state index is 12.1. The predicted molar refractivity (Wildman–Crippen MR) is 36.0 cm³/mol. The zero-order valence-electron chi connectivity index (χ0n) is 6.87. The lowest BCUT2D eigenvalue weighted by Crippen LogP contribution is -2.67. The van der Waals surface area contributed by atoms with E-state index in [1.54, 1.807) is 13.8 Å². The molecule has 0 radical (unpaired) electrons. The first-order valence-electron chi connectivity index (χ1n) is 3.60. The van der Waals surface area contributed by atoms with E-state index in [0.29, 0.717) is 4.90 Å². The summed E-state index contributed by atoms with van der Waals surface area (Å²) in [6.07, 6.45) is -4.16. The van der Waals surface area contributed by atoms with Crippen LogP contribution in [-0.2, 0) is 0 Å². The number of nitrogens with zero attached hydrogens (tertiary/aromatic N) is 1. The van der Waals surface area contributed by atoms with Gasteiger partial charge in [-0.15, -0.1) is 0 Å². The van der Waals surface area contributed by atoms with Crippen LogP contribution in [0.3, 0.4) is 0 Å². The molecular weight excluding hydrogens is 155 g/mol. The molecular formula is C7H12F3N. The van der Waals surface area contributed by atoms with Crippen molar-refractivity contribution >= 4 is 0 Å². The number of hydrogen-bond acceptors (Lipinski definition) is 1. The van der Waals surface area contributed by atoms with Gasteiger partial charge in [-0.1, -0.05) is 6.92 Å². The van der Waals surface area contributed by atoms with E-state index in [1.807, 2.05) is 6.92 Å². The molecule has 66 valence electrons. The van der Waals surface area contributed by atoms with Crippen LogP contribution in [0.4, 0.5) is 13.2 Å². The average Bonchev–Trinajstić information content (AvgIpc) is 1.80. The Morgan fingerprint density at radius 3 is 1.91 bits per heavy atom. The smallest absolute Gasteiger partial charge is 0.208 e. The van der Waals surface area contributed by atoms with E-state index in [1.165, 1.54) is 0 Å². The van der Waals surface area contributed by atoms with Gasteiger partial charge < -0.3 is 0 Å². The maximum Gasteiger partial charge on any atom is 0.460 e. The number of alkyl halides is 3. The molecule has 1 aliphatic rings. The number of hydrogen-bond donors (Lipinski definition) is 0. The lowest BCUT2D eigenvalue weighted by molar-refractivity contribution is -0.316. The van der Waals surface area contributed by atoms with Crippen molar-refractivity contribution in [2.75, 3.05) is 6.54 Å². The summed E-state index contributed by atoms with van der Waals surface area (Å²) in [5.74, 6) is 0.129. The Bertz CT molecular complexity index is 162. The van der Waals surface area contributed by atoms with Crippen LogP contribution in [0, 0.1) is 5.92 Å². The van der Waals surface area contributed by atoms with Gasteiger partial charge in [0.15, 0.2) is 0 Å². The molecule has 0 saturated carbocycles. The monoisotopic (exact) mass is 167 g/mol. The molecule has 0 aliphatic carbocycles. The van der Waals surface area contributed by atoms with E-state index >= 15 is 0 Å².